The van der Waals surface area contributed by atoms with Crippen LogP contribution in [-0.4, -0.2) is 22.1 Å². The van der Waals surface area contributed by atoms with Crippen LogP contribution in [0.3, 0.4) is 0 Å². The molecule has 0 radical (unpaired) electrons. The van der Waals surface area contributed by atoms with Gasteiger partial charge in [0.05, 0.1) is 5.69 Å². The Morgan fingerprint density at radius 2 is 1.95 bits per heavy atom. The van der Waals surface area contributed by atoms with Crippen LogP contribution in [0.1, 0.15) is 37.2 Å². The number of hydrogen-bond donors (Lipinski definition) is 3. The Labute approximate surface area is 123 Å². The second-order valence-electron chi connectivity index (χ2n) is 4.77. The van der Waals surface area contributed by atoms with E-state index in [9.17, 15) is 9.18 Å². The van der Waals surface area contributed by atoms with Crippen LogP contribution in [0, 0.1) is 5.82 Å². The van der Waals surface area contributed by atoms with E-state index in [1.165, 1.54) is 24.3 Å². The summed E-state index contributed by atoms with van der Waals surface area (Å²) in [7, 11) is 0. The van der Waals surface area contributed by atoms with Crippen molar-refractivity contribution in [1.82, 2.24) is 10.2 Å². The number of benzene rings is 1. The molecule has 5 nitrogen and oxygen atoms in total. The summed E-state index contributed by atoms with van der Waals surface area (Å²) in [5, 5.41) is 12.7. The summed E-state index contributed by atoms with van der Waals surface area (Å²) in [6.07, 6.45) is 3.58. The van der Waals surface area contributed by atoms with Gasteiger partial charge in [-0.25, -0.2) is 4.39 Å². The molecule has 0 fully saturated rings. The zero-order valence-corrected chi connectivity index (χ0v) is 12.1. The number of carbonyl (C=O) groups is 1. The average molecular weight is 290 g/mol. The first kappa shape index (κ1) is 15.0. The molecule has 1 amide bonds. The molecule has 6 heteroatoms. The van der Waals surface area contributed by atoms with Gasteiger partial charge in [-0.05, 0) is 37.1 Å². The lowest BCUT2D eigenvalue weighted by Gasteiger charge is -2.15. The number of amides is 1. The molecule has 0 spiro atoms. The molecule has 0 aliphatic rings. The summed E-state index contributed by atoms with van der Waals surface area (Å²) in [5.74, 6) is -0.680. The van der Waals surface area contributed by atoms with Gasteiger partial charge in [-0.2, -0.15) is 5.10 Å². The molecule has 2 rings (SSSR count). The largest absolute Gasteiger partial charge is 0.379 e. The van der Waals surface area contributed by atoms with Gasteiger partial charge in [0.2, 0.25) is 0 Å². The maximum absolute atomic E-state index is 12.8. The number of halogens is 1. The fraction of sp³-hybridized carbons (Fsp3) is 0.333. The maximum atomic E-state index is 12.8. The Bertz CT molecular complexity index is 590. The number of nitrogens with zero attached hydrogens (tertiary/aromatic N) is 1. The van der Waals surface area contributed by atoms with E-state index in [0.29, 0.717) is 23.1 Å². The molecule has 0 aliphatic carbocycles. The number of rotatable bonds is 6. The van der Waals surface area contributed by atoms with Crippen molar-refractivity contribution in [2.24, 2.45) is 0 Å². The van der Waals surface area contributed by atoms with E-state index < -0.39 is 0 Å². The van der Waals surface area contributed by atoms with Crippen LogP contribution in [0.25, 0.3) is 0 Å². The van der Waals surface area contributed by atoms with E-state index in [1.807, 2.05) is 0 Å². The van der Waals surface area contributed by atoms with Gasteiger partial charge in [-0.3, -0.25) is 9.89 Å². The standard InChI is InChI=1S/C15H19FN4O/c1-3-11(4-2)18-13-9-17-20-14(13)15(21)19-12-7-5-10(16)6-8-12/h5-9,11,18H,3-4H2,1-2H3,(H,17,20)(H,19,21). The van der Waals surface area contributed by atoms with E-state index in [0.717, 1.165) is 12.8 Å². The first-order valence-electron chi connectivity index (χ1n) is 7.01. The number of H-pyrrole nitrogens is 1. The fourth-order valence-corrected chi connectivity index (χ4v) is 2.01. The molecule has 112 valence electrons. The highest BCUT2D eigenvalue weighted by molar-refractivity contribution is 6.06. The van der Waals surface area contributed by atoms with Crippen molar-refractivity contribution in [2.45, 2.75) is 32.7 Å². The number of aromatic nitrogens is 2. The lowest BCUT2D eigenvalue weighted by Crippen LogP contribution is -2.20. The highest BCUT2D eigenvalue weighted by atomic mass is 19.1. The fourth-order valence-electron chi connectivity index (χ4n) is 2.01. The van der Waals surface area contributed by atoms with Crippen LogP contribution in [0.15, 0.2) is 30.5 Å². The lowest BCUT2D eigenvalue weighted by atomic mass is 10.1. The predicted octanol–water partition coefficient (Wildman–Crippen LogP) is 3.40. The van der Waals surface area contributed by atoms with Gasteiger partial charge in [-0.1, -0.05) is 13.8 Å². The van der Waals surface area contributed by atoms with Crippen LogP contribution in [0.4, 0.5) is 15.8 Å². The van der Waals surface area contributed by atoms with Crippen LogP contribution in [0.5, 0.6) is 0 Å². The van der Waals surface area contributed by atoms with Crippen LogP contribution in [0.2, 0.25) is 0 Å². The van der Waals surface area contributed by atoms with Crippen molar-refractivity contribution in [1.29, 1.82) is 0 Å². The van der Waals surface area contributed by atoms with Crippen molar-refractivity contribution in [3.63, 3.8) is 0 Å². The SMILES string of the molecule is CCC(CC)Nc1c[nH]nc1C(=O)Nc1ccc(F)cc1. The first-order valence-corrected chi connectivity index (χ1v) is 7.01. The molecular formula is C15H19FN4O. The molecule has 21 heavy (non-hydrogen) atoms. The topological polar surface area (TPSA) is 69.8 Å². The molecule has 1 aromatic heterocycles. The average Bonchev–Trinajstić information content (AvgIpc) is 2.95. The molecule has 0 bridgehead atoms. The summed E-state index contributed by atoms with van der Waals surface area (Å²) < 4.78 is 12.8. The summed E-state index contributed by atoms with van der Waals surface area (Å²) in [6, 6.07) is 5.90. The monoisotopic (exact) mass is 290 g/mol. The second-order valence-corrected chi connectivity index (χ2v) is 4.77. The van der Waals surface area contributed by atoms with Gasteiger partial charge >= 0.3 is 0 Å². The number of nitrogens with one attached hydrogen (secondary N) is 3. The molecular weight excluding hydrogens is 271 g/mol. The molecule has 2 aromatic rings. The summed E-state index contributed by atoms with van der Waals surface area (Å²) in [4.78, 5) is 12.2. The minimum atomic E-state index is -0.344. The van der Waals surface area contributed by atoms with Crippen LogP contribution >= 0.6 is 0 Å². The quantitative estimate of drug-likeness (QED) is 0.763. The molecule has 0 unspecified atom stereocenters. The van der Waals surface area contributed by atoms with Gasteiger partial charge in [0, 0.05) is 17.9 Å². The number of hydrogen-bond acceptors (Lipinski definition) is 3. The van der Waals surface area contributed by atoms with Crippen molar-refractivity contribution < 1.29 is 9.18 Å². The zero-order chi connectivity index (χ0) is 15.2. The highest BCUT2D eigenvalue weighted by Gasteiger charge is 2.16. The van der Waals surface area contributed by atoms with Gasteiger partial charge < -0.3 is 10.6 Å². The Hall–Kier alpha value is -2.37. The summed E-state index contributed by atoms with van der Waals surface area (Å²) in [5.41, 5.74) is 1.49. The number of aromatic amines is 1. The van der Waals surface area contributed by atoms with E-state index >= 15 is 0 Å². The van der Waals surface area contributed by atoms with Crippen LogP contribution < -0.4 is 10.6 Å². The first-order chi connectivity index (χ1) is 10.1. The molecule has 0 aliphatic heterocycles. The zero-order valence-electron chi connectivity index (χ0n) is 12.1. The lowest BCUT2D eigenvalue weighted by molar-refractivity contribution is 0.102. The van der Waals surface area contributed by atoms with Gasteiger partial charge in [-0.15, -0.1) is 0 Å². The Morgan fingerprint density at radius 1 is 1.29 bits per heavy atom. The van der Waals surface area contributed by atoms with E-state index in [1.54, 1.807) is 6.20 Å². The van der Waals surface area contributed by atoms with E-state index in [-0.39, 0.29) is 11.7 Å². The van der Waals surface area contributed by atoms with E-state index in [2.05, 4.69) is 34.7 Å². The highest BCUT2D eigenvalue weighted by Crippen LogP contribution is 2.17. The molecule has 3 N–H and O–H groups in total. The van der Waals surface area contributed by atoms with Crippen molar-refractivity contribution in [3.8, 4) is 0 Å². The van der Waals surface area contributed by atoms with Crippen molar-refractivity contribution >= 4 is 17.3 Å². The third-order valence-electron chi connectivity index (χ3n) is 3.30. The third-order valence-corrected chi connectivity index (χ3v) is 3.30. The Morgan fingerprint density at radius 3 is 2.57 bits per heavy atom. The Balaban J connectivity index is 2.09. The normalized spacial score (nSPS) is 10.7. The Kier molecular flexibility index (Phi) is 4.92. The van der Waals surface area contributed by atoms with Gasteiger partial charge in [0.15, 0.2) is 5.69 Å². The third kappa shape index (κ3) is 3.81. The second kappa shape index (κ2) is 6.88. The predicted molar refractivity (Wildman–Crippen MR) is 80.9 cm³/mol. The number of anilines is 2. The minimum absolute atomic E-state index is 0.292. The van der Waals surface area contributed by atoms with Gasteiger partial charge in [0.25, 0.3) is 5.91 Å². The maximum Gasteiger partial charge on any atom is 0.278 e. The van der Waals surface area contributed by atoms with Crippen molar-refractivity contribution in [2.75, 3.05) is 10.6 Å². The van der Waals surface area contributed by atoms with E-state index in [4.69, 9.17) is 0 Å². The van der Waals surface area contributed by atoms with Crippen LogP contribution in [-0.2, 0) is 0 Å². The minimum Gasteiger partial charge on any atom is -0.379 e. The smallest absolute Gasteiger partial charge is 0.278 e. The molecule has 0 saturated carbocycles. The van der Waals surface area contributed by atoms with Crippen molar-refractivity contribution in [3.05, 3.63) is 42.0 Å². The summed E-state index contributed by atoms with van der Waals surface area (Å²) in [6.45, 7) is 4.17. The van der Waals surface area contributed by atoms with Gasteiger partial charge in [0.1, 0.15) is 5.82 Å². The summed E-state index contributed by atoms with van der Waals surface area (Å²) >= 11 is 0. The molecule has 1 aromatic carbocycles. The number of carbonyl (C=O) groups excluding carboxylic acids is 1. The molecule has 1 heterocycles. The molecule has 0 saturated heterocycles. The molecule has 0 atom stereocenters.